The van der Waals surface area contributed by atoms with Gasteiger partial charge < -0.3 is 20.3 Å². The van der Waals surface area contributed by atoms with E-state index in [0.29, 0.717) is 35.8 Å². The minimum atomic E-state index is -3.12. The van der Waals surface area contributed by atoms with Gasteiger partial charge in [-0.05, 0) is 115 Å². The lowest BCUT2D eigenvalue weighted by Crippen LogP contribution is -2.38. The van der Waals surface area contributed by atoms with Crippen LogP contribution in [0.15, 0.2) is 91.0 Å². The van der Waals surface area contributed by atoms with Crippen molar-refractivity contribution in [2.24, 2.45) is 5.92 Å². The van der Waals surface area contributed by atoms with Gasteiger partial charge in [0, 0.05) is 54.4 Å². The van der Waals surface area contributed by atoms with Crippen molar-refractivity contribution in [3.63, 3.8) is 0 Å². The number of benzene rings is 4. The Bertz CT molecular complexity index is 1850. The minimum Gasteiger partial charge on any atom is -0.378 e. The lowest BCUT2D eigenvalue weighted by Gasteiger charge is -2.30. The zero-order valence-electron chi connectivity index (χ0n) is 27.4. The first-order valence-corrected chi connectivity index (χ1v) is 18.3. The van der Waals surface area contributed by atoms with E-state index in [1.165, 1.54) is 11.8 Å². The maximum Gasteiger partial charge on any atom is 0.255 e. The van der Waals surface area contributed by atoms with Crippen molar-refractivity contribution in [1.29, 1.82) is 0 Å². The molecule has 0 aliphatic carbocycles. The van der Waals surface area contributed by atoms with E-state index < -0.39 is 10.0 Å². The Hall–Kier alpha value is -4.51. The Balaban J connectivity index is 1.04. The molecule has 2 amide bonds. The number of aryl methyl sites for hydroxylation is 1. The second-order valence-corrected chi connectivity index (χ2v) is 14.7. The third-order valence-electron chi connectivity index (χ3n) is 9.24. The number of nitrogens with one attached hydrogen (secondary N) is 2. The Morgan fingerprint density at radius 2 is 1.31 bits per heavy atom. The third-order valence-corrected chi connectivity index (χ3v) is 10.5. The molecule has 0 radical (unpaired) electrons. The number of carbonyl (C=O) groups is 2. The summed E-state index contributed by atoms with van der Waals surface area (Å²) in [5.74, 6) is 0.0560. The largest absolute Gasteiger partial charge is 0.378 e. The zero-order chi connectivity index (χ0) is 33.7. The number of morpholine rings is 1. The van der Waals surface area contributed by atoms with Crippen molar-refractivity contribution in [2.75, 3.05) is 61.2 Å². The van der Waals surface area contributed by atoms with Gasteiger partial charge in [-0.2, -0.15) is 0 Å². The third kappa shape index (κ3) is 8.31. The highest BCUT2D eigenvalue weighted by atomic mass is 32.2. The quantitative estimate of drug-likeness (QED) is 0.220. The summed E-state index contributed by atoms with van der Waals surface area (Å²) in [7, 11) is -3.12. The van der Waals surface area contributed by atoms with E-state index in [0.717, 1.165) is 73.6 Å². The molecule has 0 spiro atoms. The Labute approximate surface area is 283 Å². The van der Waals surface area contributed by atoms with Gasteiger partial charge in [0.2, 0.25) is 10.0 Å². The van der Waals surface area contributed by atoms with Crippen molar-refractivity contribution < 1.29 is 22.7 Å². The molecule has 0 unspecified atom stereocenters. The van der Waals surface area contributed by atoms with Gasteiger partial charge in [0.25, 0.3) is 11.8 Å². The Kier molecular flexibility index (Phi) is 10.2. The van der Waals surface area contributed by atoms with E-state index in [1.54, 1.807) is 16.4 Å². The molecule has 48 heavy (non-hydrogen) atoms. The highest BCUT2D eigenvalue weighted by molar-refractivity contribution is 7.88. The standard InChI is InChI=1S/C38H42N4O5S/c1-27-3-6-32(38(44)40-34-13-15-35(16-14-34)41-21-23-47-24-22-41)26-36(27)30-7-9-31(10-8-30)37(43)39-33-11-4-28(5-12-33)25-29-17-19-42(20-18-29)48(2,45)46/h3-16,26,29H,17-25H2,1-2H3,(H,39,43)(H,40,44). The topological polar surface area (TPSA) is 108 Å². The SMILES string of the molecule is Cc1ccc(C(=O)Nc2ccc(N3CCOCC3)cc2)cc1-c1ccc(C(=O)Nc2ccc(CC3CCN(S(C)(=O)=O)CC3)cc2)cc1. The van der Waals surface area contributed by atoms with Crippen LogP contribution in [0.4, 0.5) is 17.1 Å². The fourth-order valence-corrected chi connectivity index (χ4v) is 7.24. The summed E-state index contributed by atoms with van der Waals surface area (Å²) in [6, 6.07) is 28.8. The second-order valence-electron chi connectivity index (χ2n) is 12.7. The highest BCUT2D eigenvalue weighted by Crippen LogP contribution is 2.27. The number of ether oxygens (including phenoxy) is 1. The molecule has 250 valence electrons. The van der Waals surface area contributed by atoms with Gasteiger partial charge in [0.15, 0.2) is 0 Å². The van der Waals surface area contributed by atoms with Gasteiger partial charge >= 0.3 is 0 Å². The molecule has 10 heteroatoms. The number of amides is 2. The minimum absolute atomic E-state index is 0.185. The van der Waals surface area contributed by atoms with Gasteiger partial charge in [-0.1, -0.05) is 30.3 Å². The smallest absolute Gasteiger partial charge is 0.255 e. The number of nitrogens with zero attached hydrogens (tertiary/aromatic N) is 2. The molecular formula is C38H42N4O5S. The number of anilines is 3. The number of hydrogen-bond acceptors (Lipinski definition) is 6. The molecule has 2 saturated heterocycles. The first-order valence-electron chi connectivity index (χ1n) is 16.4. The molecule has 2 aliphatic heterocycles. The van der Waals surface area contributed by atoms with Crippen LogP contribution in [-0.2, 0) is 21.2 Å². The molecule has 0 saturated carbocycles. The Morgan fingerprint density at radius 3 is 1.92 bits per heavy atom. The van der Waals surface area contributed by atoms with Gasteiger partial charge in [-0.25, -0.2) is 12.7 Å². The van der Waals surface area contributed by atoms with E-state index >= 15 is 0 Å². The van der Waals surface area contributed by atoms with Crippen LogP contribution in [0.2, 0.25) is 0 Å². The maximum absolute atomic E-state index is 13.2. The lowest BCUT2D eigenvalue weighted by molar-refractivity contribution is 0.101. The highest BCUT2D eigenvalue weighted by Gasteiger charge is 2.25. The molecule has 4 aromatic rings. The fourth-order valence-electron chi connectivity index (χ4n) is 6.36. The van der Waals surface area contributed by atoms with Crippen LogP contribution in [0.3, 0.4) is 0 Å². The van der Waals surface area contributed by atoms with Crippen LogP contribution in [0.1, 0.15) is 44.7 Å². The van der Waals surface area contributed by atoms with E-state index in [2.05, 4.69) is 15.5 Å². The van der Waals surface area contributed by atoms with Crippen molar-refractivity contribution in [3.8, 4) is 11.1 Å². The monoisotopic (exact) mass is 666 g/mol. The molecular weight excluding hydrogens is 625 g/mol. The van der Waals surface area contributed by atoms with Crippen molar-refractivity contribution in [3.05, 3.63) is 113 Å². The number of rotatable bonds is 9. The van der Waals surface area contributed by atoms with Crippen LogP contribution >= 0.6 is 0 Å². The molecule has 2 aliphatic rings. The Morgan fingerprint density at radius 1 is 0.750 bits per heavy atom. The lowest BCUT2D eigenvalue weighted by atomic mass is 9.91. The van der Waals surface area contributed by atoms with Crippen LogP contribution in [0, 0.1) is 12.8 Å². The number of piperidine rings is 1. The second kappa shape index (κ2) is 14.7. The molecule has 4 aromatic carbocycles. The molecule has 9 nitrogen and oxygen atoms in total. The number of carbonyl (C=O) groups excluding carboxylic acids is 2. The summed E-state index contributed by atoms with van der Waals surface area (Å²) in [5.41, 5.74) is 7.69. The fraction of sp³-hybridized carbons (Fsp3) is 0.316. The zero-order valence-corrected chi connectivity index (χ0v) is 28.3. The van der Waals surface area contributed by atoms with Gasteiger partial charge in [0.1, 0.15) is 0 Å². The summed E-state index contributed by atoms with van der Waals surface area (Å²) in [6.45, 7) is 6.31. The summed E-state index contributed by atoms with van der Waals surface area (Å²) in [4.78, 5) is 28.5. The molecule has 0 aromatic heterocycles. The summed E-state index contributed by atoms with van der Waals surface area (Å²) in [6.07, 6.45) is 3.86. The van der Waals surface area contributed by atoms with Crippen LogP contribution < -0.4 is 15.5 Å². The van der Waals surface area contributed by atoms with Gasteiger partial charge in [-0.3, -0.25) is 9.59 Å². The average molecular weight is 667 g/mol. The predicted octanol–water partition coefficient (Wildman–Crippen LogP) is 6.22. The predicted molar refractivity (Wildman–Crippen MR) is 191 cm³/mol. The van der Waals surface area contributed by atoms with E-state index in [1.807, 2.05) is 85.8 Å². The summed E-state index contributed by atoms with van der Waals surface area (Å²) < 4.78 is 30.5. The molecule has 0 bridgehead atoms. The van der Waals surface area contributed by atoms with Gasteiger partial charge in [-0.15, -0.1) is 0 Å². The first-order chi connectivity index (χ1) is 23.1. The molecule has 2 N–H and O–H groups in total. The summed E-state index contributed by atoms with van der Waals surface area (Å²) >= 11 is 0. The number of hydrogen-bond donors (Lipinski definition) is 2. The van der Waals surface area contributed by atoms with Crippen LogP contribution in [-0.4, -0.2) is 70.2 Å². The van der Waals surface area contributed by atoms with Crippen LogP contribution in [0.25, 0.3) is 11.1 Å². The average Bonchev–Trinajstić information content (AvgIpc) is 3.10. The van der Waals surface area contributed by atoms with Crippen molar-refractivity contribution in [1.82, 2.24) is 4.31 Å². The van der Waals surface area contributed by atoms with E-state index in [9.17, 15) is 18.0 Å². The van der Waals surface area contributed by atoms with Crippen LogP contribution in [0.5, 0.6) is 0 Å². The molecule has 0 atom stereocenters. The molecule has 2 fully saturated rings. The summed E-state index contributed by atoms with van der Waals surface area (Å²) in [5, 5.41) is 5.98. The van der Waals surface area contributed by atoms with Crippen molar-refractivity contribution in [2.45, 2.75) is 26.2 Å². The van der Waals surface area contributed by atoms with E-state index in [4.69, 9.17) is 4.74 Å². The van der Waals surface area contributed by atoms with E-state index in [-0.39, 0.29) is 11.8 Å². The molecule has 6 rings (SSSR count). The molecule has 2 heterocycles. The maximum atomic E-state index is 13.2. The first kappa shape index (κ1) is 33.4. The number of sulfonamides is 1. The van der Waals surface area contributed by atoms with Gasteiger partial charge in [0.05, 0.1) is 19.5 Å². The normalized spacial score (nSPS) is 16.0. The van der Waals surface area contributed by atoms with Crippen molar-refractivity contribution >= 4 is 38.9 Å².